The number of hydrogen-bond donors (Lipinski definition) is 1. The van der Waals surface area contributed by atoms with Gasteiger partial charge in [0.25, 0.3) is 0 Å². The Bertz CT molecular complexity index is 304. The Morgan fingerprint density at radius 3 is 2.82 bits per heavy atom. The summed E-state index contributed by atoms with van der Waals surface area (Å²) in [4.78, 5) is 2.43. The third kappa shape index (κ3) is 4.49. The van der Waals surface area contributed by atoms with Crippen LogP contribution in [0, 0.1) is 5.92 Å². The van der Waals surface area contributed by atoms with E-state index in [1.807, 2.05) is 0 Å². The van der Waals surface area contributed by atoms with Gasteiger partial charge in [-0.15, -0.1) is 0 Å². The first kappa shape index (κ1) is 12.6. The van der Waals surface area contributed by atoms with Gasteiger partial charge in [-0.3, -0.25) is 0 Å². The van der Waals surface area contributed by atoms with Gasteiger partial charge in [-0.05, 0) is 57.4 Å². The summed E-state index contributed by atoms with van der Waals surface area (Å²) < 4.78 is 0. The number of nitrogens with one attached hydrogen (secondary N) is 1. The molecule has 1 N–H and O–H groups in total. The van der Waals surface area contributed by atoms with E-state index >= 15 is 0 Å². The monoisotopic (exact) mass is 232 g/mol. The van der Waals surface area contributed by atoms with Crippen molar-refractivity contribution in [3.8, 4) is 0 Å². The van der Waals surface area contributed by atoms with Crippen molar-refractivity contribution in [2.45, 2.75) is 25.8 Å². The molecule has 1 fully saturated rings. The molecule has 0 aliphatic carbocycles. The zero-order valence-corrected chi connectivity index (χ0v) is 10.9. The lowest BCUT2D eigenvalue weighted by Gasteiger charge is -2.25. The summed E-state index contributed by atoms with van der Waals surface area (Å²) >= 11 is 0. The van der Waals surface area contributed by atoms with Crippen molar-refractivity contribution >= 4 is 0 Å². The second-order valence-corrected chi connectivity index (χ2v) is 5.22. The van der Waals surface area contributed by atoms with E-state index in [4.69, 9.17) is 0 Å². The van der Waals surface area contributed by atoms with Gasteiger partial charge in [0.2, 0.25) is 0 Å². The molecular formula is C15H24N2. The van der Waals surface area contributed by atoms with Gasteiger partial charge < -0.3 is 10.2 Å². The summed E-state index contributed by atoms with van der Waals surface area (Å²) in [6.07, 6.45) is 4.09. The molecule has 1 aliphatic rings. The Labute approximate surface area is 105 Å². The lowest BCUT2D eigenvalue weighted by atomic mass is 9.96. The molecule has 0 bridgehead atoms. The molecule has 0 aromatic heterocycles. The third-order valence-corrected chi connectivity index (χ3v) is 3.61. The van der Waals surface area contributed by atoms with Crippen LogP contribution in [0.5, 0.6) is 0 Å². The van der Waals surface area contributed by atoms with Crippen LogP contribution in [0.25, 0.3) is 0 Å². The molecule has 0 spiro atoms. The van der Waals surface area contributed by atoms with Crippen molar-refractivity contribution in [2.75, 3.05) is 26.7 Å². The molecule has 0 radical (unpaired) electrons. The predicted molar refractivity (Wildman–Crippen MR) is 73.0 cm³/mol. The first-order chi connectivity index (χ1) is 8.34. The minimum atomic E-state index is 0.891. The molecule has 2 heteroatoms. The summed E-state index contributed by atoms with van der Waals surface area (Å²) in [7, 11) is 2.23. The molecule has 0 saturated carbocycles. The molecule has 1 unspecified atom stereocenters. The lowest BCUT2D eigenvalue weighted by Crippen LogP contribution is -2.32. The fourth-order valence-electron chi connectivity index (χ4n) is 2.55. The summed E-state index contributed by atoms with van der Waals surface area (Å²) in [6, 6.07) is 10.7. The van der Waals surface area contributed by atoms with Gasteiger partial charge in [0.05, 0.1) is 0 Å². The molecule has 17 heavy (non-hydrogen) atoms. The van der Waals surface area contributed by atoms with Crippen molar-refractivity contribution in [3.63, 3.8) is 0 Å². The van der Waals surface area contributed by atoms with Crippen LogP contribution in [0.4, 0.5) is 0 Å². The summed E-state index contributed by atoms with van der Waals surface area (Å²) in [5, 5.41) is 3.49. The highest BCUT2D eigenvalue weighted by Crippen LogP contribution is 2.14. The van der Waals surface area contributed by atoms with Crippen LogP contribution in [-0.2, 0) is 6.54 Å². The number of rotatable bonds is 5. The summed E-state index contributed by atoms with van der Waals surface area (Å²) in [5.74, 6) is 0.891. The maximum atomic E-state index is 3.49. The molecule has 0 amide bonds. The van der Waals surface area contributed by atoms with E-state index in [-0.39, 0.29) is 0 Å². The van der Waals surface area contributed by atoms with Crippen LogP contribution in [0.15, 0.2) is 30.3 Å². The highest BCUT2D eigenvalue weighted by molar-refractivity contribution is 5.14. The van der Waals surface area contributed by atoms with Gasteiger partial charge in [-0.1, -0.05) is 30.3 Å². The second kappa shape index (κ2) is 6.77. The molecule has 1 aliphatic heterocycles. The smallest absolute Gasteiger partial charge is 0.0230 e. The fourth-order valence-corrected chi connectivity index (χ4v) is 2.55. The van der Waals surface area contributed by atoms with E-state index in [1.54, 1.807) is 0 Å². The fraction of sp³-hybridized carbons (Fsp3) is 0.600. The van der Waals surface area contributed by atoms with Crippen LogP contribution >= 0.6 is 0 Å². The zero-order valence-electron chi connectivity index (χ0n) is 10.9. The normalized spacial score (nSPS) is 20.7. The Balaban J connectivity index is 1.68. The highest BCUT2D eigenvalue weighted by atomic mass is 15.1. The Kier molecular flexibility index (Phi) is 5.02. The highest BCUT2D eigenvalue weighted by Gasteiger charge is 2.13. The molecular weight excluding hydrogens is 208 g/mol. The molecule has 1 aromatic rings. The van der Waals surface area contributed by atoms with Gasteiger partial charge in [-0.2, -0.15) is 0 Å². The first-order valence-corrected chi connectivity index (χ1v) is 6.78. The molecule has 2 rings (SSSR count). The number of benzene rings is 1. The van der Waals surface area contributed by atoms with E-state index in [0.717, 1.165) is 12.5 Å². The summed E-state index contributed by atoms with van der Waals surface area (Å²) in [6.45, 7) is 4.72. The van der Waals surface area contributed by atoms with Crippen molar-refractivity contribution in [1.82, 2.24) is 10.2 Å². The quantitative estimate of drug-likeness (QED) is 0.839. The van der Waals surface area contributed by atoms with Gasteiger partial charge >= 0.3 is 0 Å². The standard InChI is InChI=1S/C15H24N2/c1-17(13-15-6-3-2-4-7-15)11-9-14-8-5-10-16-12-14/h2-4,6-7,14,16H,5,8-13H2,1H3. The Morgan fingerprint density at radius 1 is 1.29 bits per heavy atom. The molecule has 1 heterocycles. The first-order valence-electron chi connectivity index (χ1n) is 6.78. The van der Waals surface area contributed by atoms with Crippen molar-refractivity contribution in [3.05, 3.63) is 35.9 Å². The second-order valence-electron chi connectivity index (χ2n) is 5.22. The largest absolute Gasteiger partial charge is 0.316 e. The van der Waals surface area contributed by atoms with Crippen LogP contribution in [-0.4, -0.2) is 31.6 Å². The number of nitrogens with zero attached hydrogens (tertiary/aromatic N) is 1. The van der Waals surface area contributed by atoms with E-state index in [0.29, 0.717) is 0 Å². The van der Waals surface area contributed by atoms with Crippen LogP contribution in [0.2, 0.25) is 0 Å². The average molecular weight is 232 g/mol. The Morgan fingerprint density at radius 2 is 2.12 bits per heavy atom. The van der Waals surface area contributed by atoms with Gasteiger partial charge in [-0.25, -0.2) is 0 Å². The predicted octanol–water partition coefficient (Wildman–Crippen LogP) is 2.51. The van der Waals surface area contributed by atoms with E-state index in [9.17, 15) is 0 Å². The topological polar surface area (TPSA) is 15.3 Å². The molecule has 1 saturated heterocycles. The maximum absolute atomic E-state index is 3.49. The third-order valence-electron chi connectivity index (χ3n) is 3.61. The average Bonchev–Trinajstić information content (AvgIpc) is 2.39. The minimum absolute atomic E-state index is 0.891. The molecule has 1 aromatic carbocycles. The SMILES string of the molecule is CN(CCC1CCCNC1)Cc1ccccc1. The van der Waals surface area contributed by atoms with E-state index in [1.165, 1.54) is 44.5 Å². The molecule has 94 valence electrons. The van der Waals surface area contributed by atoms with Crippen molar-refractivity contribution in [1.29, 1.82) is 0 Å². The zero-order chi connectivity index (χ0) is 11.9. The van der Waals surface area contributed by atoms with Gasteiger partial charge in [0.15, 0.2) is 0 Å². The maximum Gasteiger partial charge on any atom is 0.0230 e. The van der Waals surface area contributed by atoms with Gasteiger partial charge in [0, 0.05) is 6.54 Å². The van der Waals surface area contributed by atoms with Crippen LogP contribution in [0.1, 0.15) is 24.8 Å². The number of hydrogen-bond acceptors (Lipinski definition) is 2. The Hall–Kier alpha value is -0.860. The van der Waals surface area contributed by atoms with Gasteiger partial charge in [0.1, 0.15) is 0 Å². The number of piperidine rings is 1. The molecule has 2 nitrogen and oxygen atoms in total. The lowest BCUT2D eigenvalue weighted by molar-refractivity contribution is 0.268. The molecule has 1 atom stereocenters. The van der Waals surface area contributed by atoms with Crippen LogP contribution in [0.3, 0.4) is 0 Å². The van der Waals surface area contributed by atoms with E-state index in [2.05, 4.69) is 47.6 Å². The van der Waals surface area contributed by atoms with Crippen molar-refractivity contribution < 1.29 is 0 Å². The van der Waals surface area contributed by atoms with Crippen LogP contribution < -0.4 is 5.32 Å². The van der Waals surface area contributed by atoms with E-state index < -0.39 is 0 Å². The summed E-state index contributed by atoms with van der Waals surface area (Å²) in [5.41, 5.74) is 1.41. The van der Waals surface area contributed by atoms with Crippen molar-refractivity contribution in [2.24, 2.45) is 5.92 Å². The minimum Gasteiger partial charge on any atom is -0.316 e.